The number of fused-ring (bicyclic) bond motifs is 14. The Kier molecular flexibility index (Phi) is 7.16. The van der Waals surface area contributed by atoms with Crippen molar-refractivity contribution in [1.82, 2.24) is 14.1 Å². The van der Waals surface area contributed by atoms with E-state index in [-0.39, 0.29) is 0 Å². The first-order valence-corrected chi connectivity index (χ1v) is 20.6. The van der Waals surface area contributed by atoms with E-state index >= 15 is 0 Å². The van der Waals surface area contributed by atoms with E-state index in [4.69, 9.17) is 4.98 Å². The van der Waals surface area contributed by atoms with Crippen molar-refractivity contribution in [3.8, 4) is 22.6 Å². The summed E-state index contributed by atoms with van der Waals surface area (Å²) in [5.74, 6) is 0.897. The molecular weight excluding hydrogens is 723 g/mol. The van der Waals surface area contributed by atoms with Gasteiger partial charge in [-0.3, -0.25) is 4.57 Å². The maximum absolute atomic E-state index is 5.24. The molecule has 12 aromatic rings. The molecule has 0 saturated carbocycles. The third kappa shape index (κ3) is 4.64. The van der Waals surface area contributed by atoms with Gasteiger partial charge in [-0.25, -0.2) is 4.98 Å². The second-order valence-electron chi connectivity index (χ2n) is 15.1. The lowest BCUT2D eigenvalue weighted by molar-refractivity contribution is 1.07. The molecule has 0 spiro atoms. The summed E-state index contributed by atoms with van der Waals surface area (Å²) in [5.41, 5.74) is 9.13. The SMILES string of the molecule is C=Cc1c(/C=C\C)c2ccc3c4ccccc4n(-c4cc5c(cn4)sc4ccc(-c6ccc7c8ccccc8c8ccccc8c7c6)cc45)c3c2n1-c1ccccc1. The van der Waals surface area contributed by atoms with E-state index in [1.54, 1.807) is 11.3 Å². The van der Waals surface area contributed by atoms with Gasteiger partial charge in [0.15, 0.2) is 0 Å². The molecule has 4 heteroatoms. The molecule has 0 amide bonds. The van der Waals surface area contributed by atoms with Crippen LogP contribution in [-0.2, 0) is 0 Å². The van der Waals surface area contributed by atoms with Crippen LogP contribution in [0.25, 0.3) is 120 Å². The highest BCUT2D eigenvalue weighted by atomic mass is 32.1. The maximum Gasteiger partial charge on any atom is 0.138 e. The van der Waals surface area contributed by atoms with Gasteiger partial charge >= 0.3 is 0 Å². The molecule has 272 valence electrons. The van der Waals surface area contributed by atoms with Gasteiger partial charge in [0.25, 0.3) is 0 Å². The van der Waals surface area contributed by atoms with Crippen molar-refractivity contribution in [3.63, 3.8) is 0 Å². The topological polar surface area (TPSA) is 22.8 Å². The molecule has 0 fully saturated rings. The van der Waals surface area contributed by atoms with Crippen LogP contribution in [0.5, 0.6) is 0 Å². The zero-order valence-corrected chi connectivity index (χ0v) is 32.6. The average molecular weight is 758 g/mol. The predicted octanol–water partition coefficient (Wildman–Crippen LogP) is 15.3. The fraction of sp³-hybridized carbons (Fsp3) is 0.0185. The molecule has 0 aliphatic heterocycles. The van der Waals surface area contributed by atoms with Gasteiger partial charge in [-0.15, -0.1) is 11.3 Å². The number of pyridine rings is 1. The highest BCUT2D eigenvalue weighted by Gasteiger charge is 2.23. The third-order valence-corrected chi connectivity index (χ3v) is 13.2. The Balaban J connectivity index is 1.11. The first-order chi connectivity index (χ1) is 28.7. The van der Waals surface area contributed by atoms with Gasteiger partial charge in [-0.1, -0.05) is 134 Å². The van der Waals surface area contributed by atoms with Crippen molar-refractivity contribution in [2.75, 3.05) is 0 Å². The van der Waals surface area contributed by atoms with Crippen LogP contribution in [0, 0.1) is 0 Å². The van der Waals surface area contributed by atoms with E-state index in [1.165, 1.54) is 79.8 Å². The monoisotopic (exact) mass is 757 g/mol. The molecule has 0 N–H and O–H groups in total. The number of hydrogen-bond acceptors (Lipinski definition) is 2. The summed E-state index contributed by atoms with van der Waals surface area (Å²) in [6, 6.07) is 57.7. The minimum Gasteiger partial charge on any atom is -0.307 e. The molecule has 0 radical (unpaired) electrons. The van der Waals surface area contributed by atoms with Gasteiger partial charge in [0.2, 0.25) is 0 Å². The van der Waals surface area contributed by atoms with Crippen molar-refractivity contribution < 1.29 is 0 Å². The molecule has 3 nitrogen and oxygen atoms in total. The van der Waals surface area contributed by atoms with Crippen LogP contribution in [0.2, 0.25) is 0 Å². The van der Waals surface area contributed by atoms with Gasteiger partial charge in [0.1, 0.15) is 5.82 Å². The van der Waals surface area contributed by atoms with Crippen LogP contribution in [0.1, 0.15) is 18.2 Å². The van der Waals surface area contributed by atoms with Crippen molar-refractivity contribution in [2.24, 2.45) is 0 Å². The number of benzene rings is 8. The predicted molar refractivity (Wildman–Crippen MR) is 251 cm³/mol. The standard InChI is InChI=1S/C54H35N3S/c1-3-14-41-43-26-27-44-42-21-12-13-22-49(42)57(54(44)53(43)56(48(41)4-2)35-15-6-5-7-16-35)52-31-47-46-30-34(24-28-50(46)58-51(47)32-55-52)33-23-25-40-38-19-9-8-17-36(38)37-18-10-11-20-39(37)45(40)29-33/h3-32H,2H2,1H3/b14-3-. The number of para-hydroxylation sites is 2. The lowest BCUT2D eigenvalue weighted by Gasteiger charge is -2.13. The van der Waals surface area contributed by atoms with E-state index < -0.39 is 0 Å². The zero-order valence-electron chi connectivity index (χ0n) is 31.8. The summed E-state index contributed by atoms with van der Waals surface area (Å²) in [5, 5.41) is 13.7. The summed E-state index contributed by atoms with van der Waals surface area (Å²) in [6.07, 6.45) is 8.38. The molecule has 0 aliphatic rings. The summed E-state index contributed by atoms with van der Waals surface area (Å²) in [7, 11) is 0. The van der Waals surface area contributed by atoms with E-state index in [0.717, 1.165) is 39.3 Å². The Morgan fingerprint density at radius 1 is 0.500 bits per heavy atom. The number of allylic oxidation sites excluding steroid dienone is 1. The first-order valence-electron chi connectivity index (χ1n) is 19.8. The van der Waals surface area contributed by atoms with E-state index in [0.29, 0.717) is 0 Å². The van der Waals surface area contributed by atoms with Gasteiger partial charge in [-0.2, -0.15) is 0 Å². The minimum absolute atomic E-state index is 0.897. The van der Waals surface area contributed by atoms with Crippen LogP contribution < -0.4 is 0 Å². The second-order valence-corrected chi connectivity index (χ2v) is 16.2. The lowest BCUT2D eigenvalue weighted by atomic mass is 9.92. The lowest BCUT2D eigenvalue weighted by Crippen LogP contribution is -2.01. The number of thiophene rings is 1. The quantitative estimate of drug-likeness (QED) is 0.160. The summed E-state index contributed by atoms with van der Waals surface area (Å²) >= 11 is 1.81. The van der Waals surface area contributed by atoms with Gasteiger partial charge in [0, 0.05) is 49.1 Å². The zero-order chi connectivity index (χ0) is 38.5. The number of rotatable bonds is 5. The van der Waals surface area contributed by atoms with Crippen LogP contribution in [0.4, 0.5) is 0 Å². The van der Waals surface area contributed by atoms with Gasteiger partial charge in [0.05, 0.1) is 26.9 Å². The van der Waals surface area contributed by atoms with E-state index in [2.05, 4.69) is 199 Å². The molecule has 12 rings (SSSR count). The van der Waals surface area contributed by atoms with E-state index in [1.807, 2.05) is 6.08 Å². The van der Waals surface area contributed by atoms with E-state index in [9.17, 15) is 0 Å². The second kappa shape index (κ2) is 12.6. The minimum atomic E-state index is 0.897. The molecule has 0 bridgehead atoms. The van der Waals surface area contributed by atoms with Crippen molar-refractivity contribution in [3.05, 3.63) is 188 Å². The Morgan fingerprint density at radius 2 is 1.07 bits per heavy atom. The Morgan fingerprint density at radius 3 is 1.79 bits per heavy atom. The highest BCUT2D eigenvalue weighted by molar-refractivity contribution is 7.25. The molecule has 4 aromatic heterocycles. The number of aromatic nitrogens is 3. The van der Waals surface area contributed by atoms with Crippen molar-refractivity contribution >= 4 is 109 Å². The number of hydrogen-bond donors (Lipinski definition) is 0. The van der Waals surface area contributed by atoms with Crippen molar-refractivity contribution in [1.29, 1.82) is 0 Å². The first kappa shape index (κ1) is 32.9. The smallest absolute Gasteiger partial charge is 0.138 e. The molecule has 0 unspecified atom stereocenters. The summed E-state index contributed by atoms with van der Waals surface area (Å²) in [6.45, 7) is 6.39. The van der Waals surface area contributed by atoms with Gasteiger partial charge in [-0.05, 0) is 98.9 Å². The van der Waals surface area contributed by atoms with Crippen LogP contribution in [0.3, 0.4) is 0 Å². The summed E-state index contributed by atoms with van der Waals surface area (Å²) in [4.78, 5) is 5.24. The fourth-order valence-corrected chi connectivity index (χ4v) is 10.6. The molecule has 0 aliphatic carbocycles. The highest BCUT2D eigenvalue weighted by Crippen LogP contribution is 2.44. The largest absolute Gasteiger partial charge is 0.307 e. The van der Waals surface area contributed by atoms with Crippen molar-refractivity contribution in [2.45, 2.75) is 6.92 Å². The molecule has 58 heavy (non-hydrogen) atoms. The Hall–Kier alpha value is -7.27. The molecular formula is C54H35N3S. The van der Waals surface area contributed by atoms with Crippen LogP contribution in [-0.4, -0.2) is 14.1 Å². The normalized spacial score (nSPS) is 12.2. The van der Waals surface area contributed by atoms with Gasteiger partial charge < -0.3 is 4.57 Å². The number of nitrogens with zero attached hydrogens (tertiary/aromatic N) is 3. The molecule has 0 atom stereocenters. The average Bonchev–Trinajstić information content (AvgIpc) is 3.93. The molecule has 8 aromatic carbocycles. The molecule has 0 saturated heterocycles. The maximum atomic E-state index is 5.24. The Bertz CT molecular complexity index is 3670. The summed E-state index contributed by atoms with van der Waals surface area (Å²) < 4.78 is 7.18. The third-order valence-electron chi connectivity index (χ3n) is 12.0. The van der Waals surface area contributed by atoms with Crippen LogP contribution >= 0.6 is 11.3 Å². The Labute approximate surface area is 338 Å². The fourth-order valence-electron chi connectivity index (χ4n) is 9.55. The van der Waals surface area contributed by atoms with Crippen LogP contribution in [0.15, 0.2) is 177 Å². The molecule has 4 heterocycles.